The summed E-state index contributed by atoms with van der Waals surface area (Å²) in [6, 6.07) is -0.175. The molecular formula is C26H40N2O8. The summed E-state index contributed by atoms with van der Waals surface area (Å²) >= 11 is 0. The Hall–Kier alpha value is -3.22. The molecule has 4 unspecified atom stereocenters. The quantitative estimate of drug-likeness (QED) is 0.151. The SMILES string of the molecule is C=CC(=O)OCC(C)OC(=O)NCC1(C)CC(NC(=O)OC(C)COC(=O)C#CCC)CC(C)(C)C1. The minimum atomic E-state index is -0.657. The lowest BCUT2D eigenvalue weighted by Gasteiger charge is -2.46. The van der Waals surface area contributed by atoms with Gasteiger partial charge in [-0.05, 0) is 43.9 Å². The number of rotatable bonds is 10. The molecule has 2 amide bonds. The summed E-state index contributed by atoms with van der Waals surface area (Å²) in [6.07, 6.45) is 1.30. The van der Waals surface area contributed by atoms with E-state index in [1.165, 1.54) is 0 Å². The van der Waals surface area contributed by atoms with Crippen LogP contribution in [0.4, 0.5) is 9.59 Å². The fraction of sp³-hybridized carbons (Fsp3) is 0.692. The predicted octanol–water partition coefficient (Wildman–Crippen LogP) is 3.49. The van der Waals surface area contributed by atoms with E-state index in [0.717, 1.165) is 18.9 Å². The van der Waals surface area contributed by atoms with Crippen LogP contribution in [0.25, 0.3) is 0 Å². The van der Waals surface area contributed by atoms with Crippen LogP contribution in [0.5, 0.6) is 0 Å². The third-order valence-corrected chi connectivity index (χ3v) is 5.48. The van der Waals surface area contributed by atoms with Gasteiger partial charge in [0.05, 0.1) is 0 Å². The lowest BCUT2D eigenvalue weighted by Crippen LogP contribution is -2.51. The van der Waals surface area contributed by atoms with Crippen LogP contribution in [0.1, 0.15) is 67.2 Å². The maximum atomic E-state index is 12.4. The first kappa shape index (κ1) is 30.8. The molecule has 0 heterocycles. The average molecular weight is 509 g/mol. The maximum Gasteiger partial charge on any atom is 0.407 e. The van der Waals surface area contributed by atoms with Crippen LogP contribution >= 0.6 is 0 Å². The number of amides is 2. The number of hydrogen-bond acceptors (Lipinski definition) is 8. The second kappa shape index (κ2) is 14.4. The van der Waals surface area contributed by atoms with Gasteiger partial charge >= 0.3 is 24.1 Å². The monoisotopic (exact) mass is 508 g/mol. The molecule has 0 bridgehead atoms. The van der Waals surface area contributed by atoms with E-state index in [1.54, 1.807) is 13.8 Å². The summed E-state index contributed by atoms with van der Waals surface area (Å²) in [6.45, 7) is 14.8. The highest BCUT2D eigenvalue weighted by Gasteiger charge is 2.42. The van der Waals surface area contributed by atoms with Crippen LogP contribution in [0, 0.1) is 22.7 Å². The largest absolute Gasteiger partial charge is 0.459 e. The molecule has 0 aromatic heterocycles. The van der Waals surface area contributed by atoms with Gasteiger partial charge in [-0.15, -0.1) is 0 Å². The molecule has 0 aromatic rings. The standard InChI is InChI=1S/C26H40N2O8/c1-8-10-11-22(30)34-15-19(4)36-24(32)28-20-12-25(5,6)16-26(7,13-20)17-27-23(31)35-18(3)14-33-21(29)9-2/h9,18-20H,2,8,12-17H2,1,3-7H3,(H,27,31)(H,28,32). The molecule has 10 heteroatoms. The molecule has 0 spiro atoms. The molecule has 0 radical (unpaired) electrons. The number of alkyl carbamates (subject to hydrolysis) is 2. The first-order valence-electron chi connectivity index (χ1n) is 12.1. The van der Waals surface area contributed by atoms with Gasteiger partial charge in [0.25, 0.3) is 0 Å². The van der Waals surface area contributed by atoms with Crippen LogP contribution in [0.3, 0.4) is 0 Å². The highest BCUT2D eigenvalue weighted by molar-refractivity contribution is 5.88. The van der Waals surface area contributed by atoms with Gasteiger partial charge in [0.15, 0.2) is 0 Å². The van der Waals surface area contributed by atoms with Gasteiger partial charge in [-0.25, -0.2) is 19.2 Å². The van der Waals surface area contributed by atoms with Crippen molar-refractivity contribution < 1.29 is 38.1 Å². The number of ether oxygens (including phenoxy) is 4. The number of esters is 2. The summed E-state index contributed by atoms with van der Waals surface area (Å²) in [7, 11) is 0. The molecule has 1 saturated carbocycles. The summed E-state index contributed by atoms with van der Waals surface area (Å²) in [5, 5.41) is 5.69. The Kier molecular flexibility index (Phi) is 12.3. The van der Waals surface area contributed by atoms with Crippen molar-refractivity contribution in [2.75, 3.05) is 19.8 Å². The molecule has 1 aliphatic rings. The zero-order valence-electron chi connectivity index (χ0n) is 22.2. The van der Waals surface area contributed by atoms with Gasteiger partial charge in [-0.2, -0.15) is 0 Å². The number of carbonyl (C=O) groups is 4. The Bertz CT molecular complexity index is 860. The Morgan fingerprint density at radius 3 is 2.25 bits per heavy atom. The molecule has 2 N–H and O–H groups in total. The van der Waals surface area contributed by atoms with Crippen molar-refractivity contribution in [1.29, 1.82) is 0 Å². The van der Waals surface area contributed by atoms with E-state index >= 15 is 0 Å². The van der Waals surface area contributed by atoms with Crippen molar-refractivity contribution >= 4 is 24.1 Å². The summed E-state index contributed by atoms with van der Waals surface area (Å²) in [5.41, 5.74) is -0.405. The zero-order chi connectivity index (χ0) is 27.4. The number of nitrogens with one attached hydrogen (secondary N) is 2. The molecule has 10 nitrogen and oxygen atoms in total. The Labute approximate surface area is 213 Å². The molecule has 4 atom stereocenters. The van der Waals surface area contributed by atoms with Gasteiger partial charge in [0, 0.05) is 31.0 Å². The summed E-state index contributed by atoms with van der Waals surface area (Å²) in [5.74, 6) is 3.72. The van der Waals surface area contributed by atoms with E-state index in [9.17, 15) is 19.2 Å². The van der Waals surface area contributed by atoms with Crippen molar-refractivity contribution in [3.63, 3.8) is 0 Å². The topological polar surface area (TPSA) is 129 Å². The van der Waals surface area contributed by atoms with Gasteiger partial charge in [0.2, 0.25) is 0 Å². The van der Waals surface area contributed by atoms with E-state index in [-0.39, 0.29) is 30.1 Å². The summed E-state index contributed by atoms with van der Waals surface area (Å²) < 4.78 is 20.4. The van der Waals surface area contributed by atoms with E-state index in [2.05, 4.69) is 42.9 Å². The first-order chi connectivity index (χ1) is 16.8. The lowest BCUT2D eigenvalue weighted by atomic mass is 9.62. The van der Waals surface area contributed by atoms with Crippen molar-refractivity contribution in [1.82, 2.24) is 10.6 Å². The second-order valence-electron chi connectivity index (χ2n) is 10.3. The van der Waals surface area contributed by atoms with Crippen molar-refractivity contribution in [3.05, 3.63) is 12.7 Å². The third-order valence-electron chi connectivity index (χ3n) is 5.48. The highest BCUT2D eigenvalue weighted by Crippen LogP contribution is 2.45. The fourth-order valence-electron chi connectivity index (χ4n) is 4.48. The highest BCUT2D eigenvalue weighted by atomic mass is 16.6. The van der Waals surface area contributed by atoms with Crippen LogP contribution < -0.4 is 10.6 Å². The Balaban J connectivity index is 2.56. The Morgan fingerprint density at radius 1 is 1.03 bits per heavy atom. The van der Waals surface area contributed by atoms with E-state index in [1.807, 2.05) is 13.8 Å². The third kappa shape index (κ3) is 12.5. The van der Waals surface area contributed by atoms with Crippen molar-refractivity contribution in [2.45, 2.75) is 85.5 Å². The molecule has 1 fully saturated rings. The minimum Gasteiger partial charge on any atom is -0.459 e. The van der Waals surface area contributed by atoms with E-state index in [0.29, 0.717) is 19.4 Å². The van der Waals surface area contributed by atoms with Crippen LogP contribution in [0.15, 0.2) is 12.7 Å². The van der Waals surface area contributed by atoms with Crippen LogP contribution in [0.2, 0.25) is 0 Å². The molecule has 202 valence electrons. The fourth-order valence-corrected chi connectivity index (χ4v) is 4.48. The van der Waals surface area contributed by atoms with Crippen LogP contribution in [-0.4, -0.2) is 62.1 Å². The van der Waals surface area contributed by atoms with Gasteiger partial charge < -0.3 is 29.6 Å². The van der Waals surface area contributed by atoms with Crippen molar-refractivity contribution in [3.8, 4) is 11.8 Å². The molecule has 0 aromatic carbocycles. The Morgan fingerprint density at radius 2 is 1.64 bits per heavy atom. The van der Waals surface area contributed by atoms with Gasteiger partial charge in [-0.3, -0.25) is 0 Å². The molecule has 36 heavy (non-hydrogen) atoms. The van der Waals surface area contributed by atoms with Crippen molar-refractivity contribution in [2.24, 2.45) is 10.8 Å². The minimum absolute atomic E-state index is 0.0690. The summed E-state index contributed by atoms with van der Waals surface area (Å²) in [4.78, 5) is 47.3. The van der Waals surface area contributed by atoms with E-state index in [4.69, 9.17) is 18.9 Å². The maximum absolute atomic E-state index is 12.4. The number of carbonyl (C=O) groups excluding carboxylic acids is 4. The predicted molar refractivity (Wildman–Crippen MR) is 133 cm³/mol. The molecule has 1 rings (SSSR count). The van der Waals surface area contributed by atoms with Gasteiger partial charge in [-0.1, -0.05) is 40.2 Å². The number of hydrogen-bond donors (Lipinski definition) is 2. The zero-order valence-corrected chi connectivity index (χ0v) is 22.2. The molecular weight excluding hydrogens is 468 g/mol. The normalized spacial score (nSPS) is 21.9. The van der Waals surface area contributed by atoms with E-state index < -0.39 is 36.3 Å². The first-order valence-corrected chi connectivity index (χ1v) is 12.1. The molecule has 0 saturated heterocycles. The van der Waals surface area contributed by atoms with Crippen LogP contribution in [-0.2, 0) is 28.5 Å². The smallest absolute Gasteiger partial charge is 0.407 e. The average Bonchev–Trinajstić information content (AvgIpc) is 2.77. The molecule has 1 aliphatic carbocycles. The second-order valence-corrected chi connectivity index (χ2v) is 10.3. The van der Waals surface area contributed by atoms with Gasteiger partial charge in [0.1, 0.15) is 25.4 Å². The molecule has 0 aliphatic heterocycles. The lowest BCUT2D eigenvalue weighted by molar-refractivity contribution is -0.140.